The Kier molecular flexibility index (Phi) is 3.56. The molecule has 0 aliphatic carbocycles. The normalized spacial score (nSPS) is 12.1. The zero-order valence-electron chi connectivity index (χ0n) is 10.2. The van der Waals surface area contributed by atoms with Gasteiger partial charge in [-0.1, -0.05) is 0 Å². The van der Waals surface area contributed by atoms with E-state index in [4.69, 9.17) is 10.5 Å². The van der Waals surface area contributed by atoms with Crippen molar-refractivity contribution in [3.63, 3.8) is 0 Å². The first-order chi connectivity index (χ1) is 8.67. The summed E-state index contributed by atoms with van der Waals surface area (Å²) in [6.07, 6.45) is 3.62. The molecule has 0 aliphatic heterocycles. The van der Waals surface area contributed by atoms with E-state index in [9.17, 15) is 0 Å². The van der Waals surface area contributed by atoms with Gasteiger partial charge in [0.1, 0.15) is 0 Å². The van der Waals surface area contributed by atoms with Crippen molar-refractivity contribution in [3.05, 3.63) is 18.5 Å². The van der Waals surface area contributed by atoms with Gasteiger partial charge in [0.15, 0.2) is 0 Å². The highest BCUT2D eigenvalue weighted by Crippen LogP contribution is 2.09. The van der Waals surface area contributed by atoms with Crippen LogP contribution in [0.4, 0.5) is 11.9 Å². The van der Waals surface area contributed by atoms with Gasteiger partial charge in [0, 0.05) is 18.4 Å². The molecule has 8 nitrogen and oxygen atoms in total. The van der Waals surface area contributed by atoms with Gasteiger partial charge >= 0.3 is 6.01 Å². The smallest absolute Gasteiger partial charge is 0.322 e. The zero-order chi connectivity index (χ0) is 13.0. The number of aromatic nitrogens is 5. The van der Waals surface area contributed by atoms with E-state index in [1.54, 1.807) is 6.20 Å². The van der Waals surface area contributed by atoms with Crippen molar-refractivity contribution in [1.82, 2.24) is 24.7 Å². The molecule has 8 heteroatoms. The lowest BCUT2D eigenvalue weighted by Gasteiger charge is -2.14. The van der Waals surface area contributed by atoms with Crippen molar-refractivity contribution < 1.29 is 4.74 Å². The van der Waals surface area contributed by atoms with Gasteiger partial charge in [0.05, 0.1) is 13.7 Å². The average molecular weight is 249 g/mol. The number of anilines is 2. The van der Waals surface area contributed by atoms with Gasteiger partial charge in [-0.25, -0.2) is 0 Å². The van der Waals surface area contributed by atoms with Gasteiger partial charge in [-0.2, -0.15) is 20.1 Å². The van der Waals surface area contributed by atoms with Crippen molar-refractivity contribution >= 4 is 11.9 Å². The number of hydrogen-bond donors (Lipinski definition) is 2. The van der Waals surface area contributed by atoms with Crippen LogP contribution in [0.25, 0.3) is 0 Å². The molecule has 96 valence electrons. The van der Waals surface area contributed by atoms with Gasteiger partial charge in [0.2, 0.25) is 11.9 Å². The number of hydrogen-bond acceptors (Lipinski definition) is 7. The lowest BCUT2D eigenvalue weighted by atomic mass is 10.3. The van der Waals surface area contributed by atoms with Crippen LogP contribution in [-0.4, -0.2) is 37.9 Å². The Morgan fingerprint density at radius 1 is 1.44 bits per heavy atom. The molecule has 2 rings (SSSR count). The molecule has 0 saturated carbocycles. The van der Waals surface area contributed by atoms with Crippen molar-refractivity contribution in [2.75, 3.05) is 18.2 Å². The molecule has 0 aliphatic rings. The third-order valence-corrected chi connectivity index (χ3v) is 2.21. The molecule has 0 spiro atoms. The predicted octanol–water partition coefficient (Wildman–Crippen LogP) is 0.159. The average Bonchev–Trinajstić information content (AvgIpc) is 2.80. The quantitative estimate of drug-likeness (QED) is 0.777. The number of nitrogens with two attached hydrogens (primary N) is 1. The second kappa shape index (κ2) is 5.30. The summed E-state index contributed by atoms with van der Waals surface area (Å²) in [5.41, 5.74) is 5.55. The van der Waals surface area contributed by atoms with Gasteiger partial charge < -0.3 is 15.8 Å². The maximum absolute atomic E-state index is 5.55. The number of nitrogens with one attached hydrogen (secondary N) is 1. The Morgan fingerprint density at radius 2 is 2.28 bits per heavy atom. The van der Waals surface area contributed by atoms with Crippen LogP contribution >= 0.6 is 0 Å². The molecule has 1 atom stereocenters. The second-order valence-electron chi connectivity index (χ2n) is 3.78. The third kappa shape index (κ3) is 3.06. The number of ether oxygens (including phenoxy) is 1. The van der Waals surface area contributed by atoms with E-state index < -0.39 is 0 Å². The Hall–Kier alpha value is -2.38. The number of rotatable bonds is 5. The van der Waals surface area contributed by atoms with Crippen molar-refractivity contribution in [1.29, 1.82) is 0 Å². The minimum atomic E-state index is 0.0939. The number of nitrogens with zero attached hydrogens (tertiary/aromatic N) is 5. The predicted molar refractivity (Wildman–Crippen MR) is 66.1 cm³/mol. The topological polar surface area (TPSA) is 104 Å². The maximum atomic E-state index is 5.55. The van der Waals surface area contributed by atoms with Crippen molar-refractivity contribution in [3.8, 4) is 6.01 Å². The first-order valence-electron chi connectivity index (χ1n) is 5.47. The highest BCUT2D eigenvalue weighted by Gasteiger charge is 2.08. The van der Waals surface area contributed by atoms with Gasteiger partial charge in [-0.3, -0.25) is 4.68 Å². The van der Waals surface area contributed by atoms with Crippen molar-refractivity contribution in [2.24, 2.45) is 0 Å². The van der Waals surface area contributed by atoms with E-state index in [0.717, 1.165) is 0 Å². The Morgan fingerprint density at radius 3 is 2.94 bits per heavy atom. The third-order valence-electron chi connectivity index (χ3n) is 2.21. The van der Waals surface area contributed by atoms with Crippen LogP contribution in [0.1, 0.15) is 6.92 Å². The SMILES string of the molecule is COc1nc(N)nc(NC(C)Cn2cccn2)n1. The standard InChI is InChI=1S/C10H15N7O/c1-7(6-17-5-3-4-12-17)13-9-14-8(11)15-10(16-9)18-2/h3-5,7H,6H2,1-2H3,(H3,11,13,14,15,16). The lowest BCUT2D eigenvalue weighted by Crippen LogP contribution is -2.24. The molecule has 0 bridgehead atoms. The Bertz CT molecular complexity index is 499. The molecule has 0 amide bonds. The number of nitrogen functional groups attached to an aromatic ring is 1. The first-order valence-corrected chi connectivity index (χ1v) is 5.47. The molecule has 0 radical (unpaired) electrons. The molecule has 0 saturated heterocycles. The Labute approximate surface area is 104 Å². The van der Waals surface area contributed by atoms with Gasteiger partial charge in [-0.05, 0) is 13.0 Å². The minimum Gasteiger partial charge on any atom is -0.467 e. The summed E-state index contributed by atoms with van der Waals surface area (Å²) < 4.78 is 6.74. The summed E-state index contributed by atoms with van der Waals surface area (Å²) in [5, 5.41) is 7.24. The fourth-order valence-corrected chi connectivity index (χ4v) is 1.48. The molecular formula is C10H15N7O. The monoisotopic (exact) mass is 249 g/mol. The molecule has 18 heavy (non-hydrogen) atoms. The molecule has 2 aromatic heterocycles. The van der Waals surface area contributed by atoms with Crippen LogP contribution in [-0.2, 0) is 6.54 Å². The molecule has 0 aromatic carbocycles. The number of methoxy groups -OCH3 is 1. The Balaban J connectivity index is 2.02. The van der Waals surface area contributed by atoms with Crippen LogP contribution in [0, 0.1) is 0 Å². The van der Waals surface area contributed by atoms with Crippen LogP contribution in [0.5, 0.6) is 6.01 Å². The molecule has 2 aromatic rings. The highest BCUT2D eigenvalue weighted by molar-refractivity contribution is 5.33. The van der Waals surface area contributed by atoms with E-state index in [0.29, 0.717) is 12.5 Å². The molecule has 0 fully saturated rings. The van der Waals surface area contributed by atoms with E-state index in [-0.39, 0.29) is 18.0 Å². The largest absolute Gasteiger partial charge is 0.467 e. The molecular weight excluding hydrogens is 234 g/mol. The molecule has 2 heterocycles. The summed E-state index contributed by atoms with van der Waals surface area (Å²) in [4.78, 5) is 11.9. The van der Waals surface area contributed by atoms with Crippen molar-refractivity contribution in [2.45, 2.75) is 19.5 Å². The van der Waals surface area contributed by atoms with E-state index in [2.05, 4.69) is 25.4 Å². The summed E-state index contributed by atoms with van der Waals surface area (Å²) in [7, 11) is 1.48. The maximum Gasteiger partial charge on any atom is 0.322 e. The summed E-state index contributed by atoms with van der Waals surface area (Å²) in [6, 6.07) is 2.16. The minimum absolute atomic E-state index is 0.0939. The van der Waals surface area contributed by atoms with Gasteiger partial charge in [-0.15, -0.1) is 0 Å². The first kappa shape index (κ1) is 12.1. The molecule has 1 unspecified atom stereocenters. The van der Waals surface area contributed by atoms with E-state index in [1.807, 2.05) is 23.9 Å². The van der Waals surface area contributed by atoms with Gasteiger partial charge in [0.25, 0.3) is 0 Å². The zero-order valence-corrected chi connectivity index (χ0v) is 10.2. The van der Waals surface area contributed by atoms with Crippen LogP contribution in [0.3, 0.4) is 0 Å². The van der Waals surface area contributed by atoms with Crippen LogP contribution in [0.15, 0.2) is 18.5 Å². The molecule has 3 N–H and O–H groups in total. The summed E-state index contributed by atoms with van der Waals surface area (Å²) in [6.45, 7) is 2.69. The summed E-state index contributed by atoms with van der Waals surface area (Å²) in [5.74, 6) is 0.509. The van der Waals surface area contributed by atoms with Crippen LogP contribution in [0.2, 0.25) is 0 Å². The highest BCUT2D eigenvalue weighted by atomic mass is 16.5. The van der Waals surface area contributed by atoms with Crippen LogP contribution < -0.4 is 15.8 Å². The fourth-order valence-electron chi connectivity index (χ4n) is 1.48. The fraction of sp³-hybridized carbons (Fsp3) is 0.400. The summed E-state index contributed by atoms with van der Waals surface area (Å²) >= 11 is 0. The second-order valence-corrected chi connectivity index (χ2v) is 3.78. The van der Waals surface area contributed by atoms with E-state index >= 15 is 0 Å². The van der Waals surface area contributed by atoms with E-state index in [1.165, 1.54) is 7.11 Å². The lowest BCUT2D eigenvalue weighted by molar-refractivity contribution is 0.379.